The van der Waals surface area contributed by atoms with Gasteiger partial charge in [-0.25, -0.2) is 9.59 Å². The van der Waals surface area contributed by atoms with Crippen molar-refractivity contribution in [2.24, 2.45) is 0 Å². The topological polar surface area (TPSA) is 82.3 Å². The molecule has 0 aliphatic carbocycles. The van der Waals surface area contributed by atoms with Crippen LogP contribution in [0.4, 0.5) is 15.3 Å². The Bertz CT molecular complexity index is 604. The predicted octanol–water partition coefficient (Wildman–Crippen LogP) is 3.64. The van der Waals surface area contributed by atoms with Crippen LogP contribution in [0.15, 0.2) is 24.3 Å². The van der Waals surface area contributed by atoms with Crippen LogP contribution in [0.5, 0.6) is 0 Å². The highest BCUT2D eigenvalue weighted by molar-refractivity contribution is 5.89. The molecule has 0 heterocycles. The minimum Gasteiger partial charge on any atom is -0.336 e. The van der Waals surface area contributed by atoms with Gasteiger partial charge in [0.05, 0.1) is 0 Å². The summed E-state index contributed by atoms with van der Waals surface area (Å²) in [6.07, 6.45) is 0.648. The molecular weight excluding hydrogens is 316 g/mol. The fraction of sp³-hybridized carbons (Fsp3) is 0.579. The second kappa shape index (κ2) is 8.23. The lowest BCUT2D eigenvalue weighted by molar-refractivity contribution is 0.227. The van der Waals surface area contributed by atoms with E-state index in [1.165, 1.54) is 0 Å². The van der Waals surface area contributed by atoms with Gasteiger partial charge < -0.3 is 21.3 Å². The summed E-state index contributed by atoms with van der Waals surface area (Å²) in [7, 11) is 0. The van der Waals surface area contributed by atoms with Gasteiger partial charge in [-0.3, -0.25) is 0 Å². The molecule has 0 spiro atoms. The molecule has 6 nitrogen and oxygen atoms in total. The van der Waals surface area contributed by atoms with Crippen molar-refractivity contribution in [3.63, 3.8) is 0 Å². The molecule has 0 radical (unpaired) electrons. The summed E-state index contributed by atoms with van der Waals surface area (Å²) >= 11 is 0. The van der Waals surface area contributed by atoms with Crippen molar-refractivity contribution >= 4 is 17.7 Å². The maximum absolute atomic E-state index is 12.0. The Balaban J connectivity index is 2.71. The Morgan fingerprint density at radius 1 is 1.00 bits per heavy atom. The minimum absolute atomic E-state index is 0.0876. The molecule has 140 valence electrons. The Hall–Kier alpha value is -2.24. The first-order valence-corrected chi connectivity index (χ1v) is 8.63. The molecular formula is C19H32N4O2. The zero-order valence-electron chi connectivity index (χ0n) is 16.4. The van der Waals surface area contributed by atoms with E-state index in [-0.39, 0.29) is 23.6 Å². The lowest BCUT2D eigenvalue weighted by atomic mass is 9.95. The van der Waals surface area contributed by atoms with Gasteiger partial charge in [-0.1, -0.05) is 12.1 Å². The average molecular weight is 348 g/mol. The molecule has 1 rings (SSSR count). The third-order valence-corrected chi connectivity index (χ3v) is 3.19. The number of nitrogens with one attached hydrogen (secondary N) is 4. The maximum Gasteiger partial charge on any atom is 0.319 e. The Kier molecular flexibility index (Phi) is 6.85. The van der Waals surface area contributed by atoms with Gasteiger partial charge in [0.15, 0.2) is 0 Å². The van der Waals surface area contributed by atoms with Crippen LogP contribution in [0.3, 0.4) is 0 Å². The molecule has 0 saturated heterocycles. The predicted molar refractivity (Wildman–Crippen MR) is 103 cm³/mol. The number of urea groups is 2. The van der Waals surface area contributed by atoms with Crippen LogP contribution in [-0.2, 0) is 6.42 Å². The number of anilines is 1. The highest BCUT2D eigenvalue weighted by Crippen LogP contribution is 2.17. The summed E-state index contributed by atoms with van der Waals surface area (Å²) in [6.45, 7) is 13.6. The molecule has 0 bridgehead atoms. The summed E-state index contributed by atoms with van der Waals surface area (Å²) in [5.41, 5.74) is 1.05. The van der Waals surface area contributed by atoms with Crippen molar-refractivity contribution in [1.29, 1.82) is 0 Å². The lowest BCUT2D eigenvalue weighted by Gasteiger charge is -2.27. The van der Waals surface area contributed by atoms with Gasteiger partial charge >= 0.3 is 12.1 Å². The Morgan fingerprint density at radius 2 is 1.64 bits per heavy atom. The van der Waals surface area contributed by atoms with E-state index >= 15 is 0 Å². The number of hydrogen-bond acceptors (Lipinski definition) is 2. The van der Waals surface area contributed by atoms with Crippen LogP contribution in [0, 0.1) is 0 Å². The Morgan fingerprint density at radius 3 is 2.20 bits per heavy atom. The quantitative estimate of drug-likeness (QED) is 0.655. The van der Waals surface area contributed by atoms with Crippen LogP contribution in [0.1, 0.15) is 54.0 Å². The molecule has 0 saturated carbocycles. The molecule has 0 fully saturated rings. The zero-order chi connectivity index (χ0) is 19.3. The van der Waals surface area contributed by atoms with E-state index in [1.807, 2.05) is 72.7 Å². The molecule has 0 atom stereocenters. The molecule has 0 aromatic heterocycles. The Labute approximate surface area is 151 Å². The summed E-state index contributed by atoms with van der Waals surface area (Å²) in [5.74, 6) is 0. The molecule has 0 aliphatic heterocycles. The molecule has 4 N–H and O–H groups in total. The molecule has 4 amide bonds. The number of carbonyl (C=O) groups is 2. The van der Waals surface area contributed by atoms with Gasteiger partial charge in [0.2, 0.25) is 0 Å². The normalized spacial score (nSPS) is 11.8. The smallest absolute Gasteiger partial charge is 0.319 e. The highest BCUT2D eigenvalue weighted by atomic mass is 16.2. The maximum atomic E-state index is 12.0. The van der Waals surface area contributed by atoms with Gasteiger partial charge in [-0.2, -0.15) is 0 Å². The average Bonchev–Trinajstić information content (AvgIpc) is 2.33. The minimum atomic E-state index is -0.411. The van der Waals surface area contributed by atoms with Crippen LogP contribution >= 0.6 is 0 Å². The number of rotatable bonds is 5. The summed E-state index contributed by atoms with van der Waals surface area (Å²) in [4.78, 5) is 23.9. The monoisotopic (exact) mass is 348 g/mol. The van der Waals surface area contributed by atoms with E-state index in [0.29, 0.717) is 6.42 Å². The first-order chi connectivity index (χ1) is 11.4. The highest BCUT2D eigenvalue weighted by Gasteiger charge is 2.21. The second-order valence-electron chi connectivity index (χ2n) is 8.34. The third-order valence-electron chi connectivity index (χ3n) is 3.19. The van der Waals surface area contributed by atoms with Gasteiger partial charge in [0.25, 0.3) is 0 Å². The van der Waals surface area contributed by atoms with E-state index in [0.717, 1.165) is 11.3 Å². The van der Waals surface area contributed by atoms with E-state index in [2.05, 4.69) is 21.3 Å². The van der Waals surface area contributed by atoms with Crippen molar-refractivity contribution in [1.82, 2.24) is 16.0 Å². The molecule has 0 aliphatic rings. The third kappa shape index (κ3) is 8.98. The molecule has 1 aromatic rings. The fourth-order valence-corrected chi connectivity index (χ4v) is 2.42. The van der Waals surface area contributed by atoms with E-state index in [1.54, 1.807) is 0 Å². The van der Waals surface area contributed by atoms with Crippen LogP contribution < -0.4 is 21.3 Å². The number of carbonyl (C=O) groups excluding carboxylic acids is 2. The number of amides is 4. The zero-order valence-corrected chi connectivity index (χ0v) is 16.4. The first kappa shape index (κ1) is 20.8. The van der Waals surface area contributed by atoms with E-state index in [4.69, 9.17) is 0 Å². The SMILES string of the molecule is CC(C)NC(=O)NC(C)(C)Cc1cccc(NC(=O)NC(C)(C)C)c1. The molecule has 0 unspecified atom stereocenters. The largest absolute Gasteiger partial charge is 0.336 e. The summed E-state index contributed by atoms with van der Waals surface area (Å²) in [5, 5.41) is 11.5. The van der Waals surface area contributed by atoms with Crippen LogP contribution in [0.2, 0.25) is 0 Å². The van der Waals surface area contributed by atoms with Crippen molar-refractivity contribution in [3.8, 4) is 0 Å². The lowest BCUT2D eigenvalue weighted by Crippen LogP contribution is -2.51. The standard InChI is InChI=1S/C19H32N4O2/c1-13(2)20-16(24)23-19(6,7)12-14-9-8-10-15(11-14)21-17(25)22-18(3,4)5/h8-11,13H,12H2,1-7H3,(H2,20,23,24)(H2,21,22,25). The van der Waals surface area contributed by atoms with Gasteiger partial charge in [-0.05, 0) is 72.6 Å². The van der Waals surface area contributed by atoms with E-state index < -0.39 is 5.54 Å². The van der Waals surface area contributed by atoms with Gasteiger partial charge in [0, 0.05) is 22.8 Å². The van der Waals surface area contributed by atoms with E-state index in [9.17, 15) is 9.59 Å². The second-order valence-corrected chi connectivity index (χ2v) is 8.34. The van der Waals surface area contributed by atoms with Crippen molar-refractivity contribution in [3.05, 3.63) is 29.8 Å². The van der Waals surface area contributed by atoms with Crippen LogP contribution in [-0.4, -0.2) is 29.2 Å². The first-order valence-electron chi connectivity index (χ1n) is 8.63. The van der Waals surface area contributed by atoms with Crippen molar-refractivity contribution < 1.29 is 9.59 Å². The van der Waals surface area contributed by atoms with Gasteiger partial charge in [-0.15, -0.1) is 0 Å². The van der Waals surface area contributed by atoms with Crippen LogP contribution in [0.25, 0.3) is 0 Å². The fourth-order valence-electron chi connectivity index (χ4n) is 2.42. The van der Waals surface area contributed by atoms with Gasteiger partial charge in [0.1, 0.15) is 0 Å². The molecule has 6 heteroatoms. The number of benzene rings is 1. The summed E-state index contributed by atoms with van der Waals surface area (Å²) in [6, 6.07) is 7.31. The number of hydrogen-bond donors (Lipinski definition) is 4. The van der Waals surface area contributed by atoms with Crippen molar-refractivity contribution in [2.45, 2.75) is 72.0 Å². The van der Waals surface area contributed by atoms with Crippen molar-refractivity contribution in [2.75, 3.05) is 5.32 Å². The molecule has 25 heavy (non-hydrogen) atoms. The summed E-state index contributed by atoms with van der Waals surface area (Å²) < 4.78 is 0. The molecule has 1 aromatic carbocycles.